The van der Waals surface area contributed by atoms with Gasteiger partial charge < -0.3 is 4.74 Å². The molecule has 0 fully saturated rings. The Morgan fingerprint density at radius 2 is 2.00 bits per heavy atom. The van der Waals surface area contributed by atoms with Crippen molar-refractivity contribution in [3.05, 3.63) is 0 Å². The van der Waals surface area contributed by atoms with E-state index in [0.717, 1.165) is 18.8 Å². The third-order valence-corrected chi connectivity index (χ3v) is 2.08. The van der Waals surface area contributed by atoms with Crippen molar-refractivity contribution >= 4 is 5.71 Å². The Labute approximate surface area is 81.8 Å². The lowest BCUT2D eigenvalue weighted by atomic mass is 10.1. The topological polar surface area (TPSA) is 24.8 Å². The van der Waals surface area contributed by atoms with Gasteiger partial charge in [0.2, 0.25) is 0 Å². The number of hydrogen-bond acceptors (Lipinski definition) is 3. The molecule has 0 spiro atoms. The number of rotatable bonds is 5. The van der Waals surface area contributed by atoms with Gasteiger partial charge in [0.25, 0.3) is 0 Å². The summed E-state index contributed by atoms with van der Waals surface area (Å²) in [6, 6.07) is 0. The van der Waals surface area contributed by atoms with Gasteiger partial charge in [-0.1, -0.05) is 0 Å². The molecule has 0 rings (SSSR count). The number of likely N-dealkylation sites (N-methyl/N-ethyl adjacent to an activating group) is 1. The Kier molecular flexibility index (Phi) is 5.18. The third kappa shape index (κ3) is 5.77. The fourth-order valence-electron chi connectivity index (χ4n) is 1.23. The van der Waals surface area contributed by atoms with Gasteiger partial charge in [0.1, 0.15) is 0 Å². The summed E-state index contributed by atoms with van der Waals surface area (Å²) in [6.07, 6.45) is 0. The normalized spacial score (nSPS) is 13.9. The molecule has 3 heteroatoms. The standard InChI is InChI=1S/C10H22N2O/c1-9(11-4)7-12(5)8-10(2,3)13-6/h7-8H2,1-6H3. The third-order valence-electron chi connectivity index (χ3n) is 2.08. The maximum Gasteiger partial charge on any atom is 0.0749 e. The van der Waals surface area contributed by atoms with Crippen molar-refractivity contribution in [3.8, 4) is 0 Å². The number of methoxy groups -OCH3 is 1. The van der Waals surface area contributed by atoms with Crippen molar-refractivity contribution in [1.29, 1.82) is 0 Å². The minimum absolute atomic E-state index is 0.0806. The average Bonchev–Trinajstić information content (AvgIpc) is 2.03. The highest BCUT2D eigenvalue weighted by Gasteiger charge is 2.18. The van der Waals surface area contributed by atoms with Gasteiger partial charge in [-0.05, 0) is 27.8 Å². The van der Waals surface area contributed by atoms with Crippen molar-refractivity contribution in [2.45, 2.75) is 26.4 Å². The van der Waals surface area contributed by atoms with Crippen molar-refractivity contribution in [3.63, 3.8) is 0 Å². The van der Waals surface area contributed by atoms with Gasteiger partial charge in [-0.3, -0.25) is 9.89 Å². The molecule has 0 radical (unpaired) electrons. The first-order valence-electron chi connectivity index (χ1n) is 4.57. The van der Waals surface area contributed by atoms with Crippen LogP contribution in [-0.4, -0.2) is 50.5 Å². The highest BCUT2D eigenvalue weighted by Crippen LogP contribution is 2.08. The van der Waals surface area contributed by atoms with Gasteiger partial charge in [-0.2, -0.15) is 0 Å². The Hall–Kier alpha value is -0.410. The second-order valence-corrected chi connectivity index (χ2v) is 4.09. The van der Waals surface area contributed by atoms with E-state index in [1.807, 2.05) is 14.0 Å². The molecule has 0 aliphatic heterocycles. The maximum atomic E-state index is 5.34. The van der Waals surface area contributed by atoms with E-state index in [9.17, 15) is 0 Å². The van der Waals surface area contributed by atoms with E-state index in [4.69, 9.17) is 4.74 Å². The van der Waals surface area contributed by atoms with Crippen LogP contribution in [0.1, 0.15) is 20.8 Å². The lowest BCUT2D eigenvalue weighted by Gasteiger charge is -2.28. The molecule has 0 saturated carbocycles. The summed E-state index contributed by atoms with van der Waals surface area (Å²) in [5, 5.41) is 0. The smallest absolute Gasteiger partial charge is 0.0749 e. The molecule has 0 unspecified atom stereocenters. The van der Waals surface area contributed by atoms with Gasteiger partial charge >= 0.3 is 0 Å². The Morgan fingerprint density at radius 1 is 1.46 bits per heavy atom. The highest BCUT2D eigenvalue weighted by molar-refractivity contribution is 5.83. The molecule has 0 aromatic rings. The zero-order valence-electron chi connectivity index (χ0n) is 9.72. The van der Waals surface area contributed by atoms with Crippen LogP contribution in [-0.2, 0) is 4.74 Å². The maximum absolute atomic E-state index is 5.34. The van der Waals surface area contributed by atoms with Crippen LogP contribution in [0.2, 0.25) is 0 Å². The first kappa shape index (κ1) is 12.6. The summed E-state index contributed by atoms with van der Waals surface area (Å²) >= 11 is 0. The molecule has 0 aromatic carbocycles. The van der Waals surface area contributed by atoms with Gasteiger partial charge in [-0.25, -0.2) is 0 Å². The largest absolute Gasteiger partial charge is 0.377 e. The predicted molar refractivity (Wildman–Crippen MR) is 57.6 cm³/mol. The van der Waals surface area contributed by atoms with E-state index in [2.05, 4.69) is 30.8 Å². The fraction of sp³-hybridized carbons (Fsp3) is 0.900. The van der Waals surface area contributed by atoms with Crippen molar-refractivity contribution in [1.82, 2.24) is 4.90 Å². The monoisotopic (exact) mass is 186 g/mol. The molecule has 3 nitrogen and oxygen atoms in total. The minimum atomic E-state index is -0.0806. The van der Waals surface area contributed by atoms with Crippen LogP contribution in [0.5, 0.6) is 0 Å². The molecule has 0 heterocycles. The van der Waals surface area contributed by atoms with E-state index >= 15 is 0 Å². The molecule has 78 valence electrons. The van der Waals surface area contributed by atoms with Crippen molar-refractivity contribution in [2.24, 2.45) is 4.99 Å². The van der Waals surface area contributed by atoms with Crippen molar-refractivity contribution < 1.29 is 4.74 Å². The van der Waals surface area contributed by atoms with E-state index < -0.39 is 0 Å². The van der Waals surface area contributed by atoms with Gasteiger partial charge in [0, 0.05) is 33.0 Å². The molecule has 0 aromatic heterocycles. The average molecular weight is 186 g/mol. The van der Waals surface area contributed by atoms with Crippen LogP contribution in [0, 0.1) is 0 Å². The summed E-state index contributed by atoms with van der Waals surface area (Å²) in [6.45, 7) is 8.03. The molecule has 0 atom stereocenters. The molecule has 0 N–H and O–H groups in total. The quantitative estimate of drug-likeness (QED) is 0.607. The molecule has 0 aliphatic carbocycles. The number of ether oxygens (including phenoxy) is 1. The van der Waals surface area contributed by atoms with Crippen LogP contribution < -0.4 is 0 Å². The van der Waals surface area contributed by atoms with Crippen LogP contribution in [0.4, 0.5) is 0 Å². The summed E-state index contributed by atoms with van der Waals surface area (Å²) in [5.74, 6) is 0. The zero-order chi connectivity index (χ0) is 10.5. The fourth-order valence-corrected chi connectivity index (χ4v) is 1.23. The molecule has 13 heavy (non-hydrogen) atoms. The Bertz CT molecular complexity index is 176. The number of hydrogen-bond donors (Lipinski definition) is 0. The molecular weight excluding hydrogens is 164 g/mol. The van der Waals surface area contributed by atoms with Crippen LogP contribution in [0.25, 0.3) is 0 Å². The number of aliphatic imine (C=N–C) groups is 1. The van der Waals surface area contributed by atoms with Gasteiger partial charge in [0.05, 0.1) is 5.60 Å². The van der Waals surface area contributed by atoms with Crippen LogP contribution >= 0.6 is 0 Å². The van der Waals surface area contributed by atoms with E-state index in [1.165, 1.54) is 0 Å². The molecule has 0 amide bonds. The summed E-state index contributed by atoms with van der Waals surface area (Å²) < 4.78 is 5.34. The predicted octanol–water partition coefficient (Wildman–Crippen LogP) is 1.43. The first-order valence-corrected chi connectivity index (χ1v) is 4.57. The van der Waals surface area contributed by atoms with Crippen LogP contribution in [0.3, 0.4) is 0 Å². The molecular formula is C10H22N2O. The second-order valence-electron chi connectivity index (χ2n) is 4.09. The van der Waals surface area contributed by atoms with E-state index in [-0.39, 0.29) is 5.60 Å². The Balaban J connectivity index is 3.94. The molecule has 0 aliphatic rings. The van der Waals surface area contributed by atoms with E-state index in [0.29, 0.717) is 0 Å². The lowest BCUT2D eigenvalue weighted by Crippen LogP contribution is -2.39. The summed E-state index contributed by atoms with van der Waals surface area (Å²) in [4.78, 5) is 6.33. The van der Waals surface area contributed by atoms with Gasteiger partial charge in [0.15, 0.2) is 0 Å². The SMILES string of the molecule is CN=C(C)CN(C)CC(C)(C)OC. The highest BCUT2D eigenvalue weighted by atomic mass is 16.5. The second kappa shape index (κ2) is 5.35. The minimum Gasteiger partial charge on any atom is -0.377 e. The molecule has 0 bridgehead atoms. The summed E-state index contributed by atoms with van der Waals surface area (Å²) in [7, 11) is 5.65. The first-order chi connectivity index (χ1) is 5.91. The van der Waals surface area contributed by atoms with Crippen LogP contribution in [0.15, 0.2) is 4.99 Å². The molecule has 0 saturated heterocycles. The zero-order valence-corrected chi connectivity index (χ0v) is 9.72. The van der Waals surface area contributed by atoms with E-state index in [1.54, 1.807) is 7.11 Å². The Morgan fingerprint density at radius 3 is 2.38 bits per heavy atom. The lowest BCUT2D eigenvalue weighted by molar-refractivity contribution is 0.000945. The summed E-state index contributed by atoms with van der Waals surface area (Å²) in [5.41, 5.74) is 1.07. The number of nitrogens with zero attached hydrogens (tertiary/aromatic N) is 2. The van der Waals surface area contributed by atoms with Crippen molar-refractivity contribution in [2.75, 3.05) is 34.3 Å². The van der Waals surface area contributed by atoms with Gasteiger partial charge in [-0.15, -0.1) is 0 Å².